The first-order valence-corrected chi connectivity index (χ1v) is 14.3. The van der Waals surface area contributed by atoms with Crippen LogP contribution in [0.4, 0.5) is 26.3 Å². The van der Waals surface area contributed by atoms with Gasteiger partial charge < -0.3 is 14.8 Å². The number of carbonyl (C=O) groups is 2. The van der Waals surface area contributed by atoms with Crippen LogP contribution in [0, 0.1) is 0 Å². The molecule has 0 radical (unpaired) electrons. The average Bonchev–Trinajstić information content (AvgIpc) is 3.37. The molecule has 1 aliphatic rings. The summed E-state index contributed by atoms with van der Waals surface area (Å²) in [5.41, 5.74) is 4.73. The first-order chi connectivity index (χ1) is 19.8. The van der Waals surface area contributed by atoms with E-state index in [1.165, 1.54) is 0 Å². The zero-order valence-electron chi connectivity index (χ0n) is 23.1. The summed E-state index contributed by atoms with van der Waals surface area (Å²) in [5, 5.41) is 14.2. The summed E-state index contributed by atoms with van der Waals surface area (Å²) in [7, 11) is -3.13. The number of sulfonamides is 1. The highest BCUT2D eigenvalue weighted by Gasteiger charge is 2.39. The maximum atomic E-state index is 12.2. The topological polar surface area (TPSA) is 156 Å². The van der Waals surface area contributed by atoms with E-state index in [4.69, 9.17) is 24.8 Å². The summed E-state index contributed by atoms with van der Waals surface area (Å²) in [6, 6.07) is 6.33. The van der Waals surface area contributed by atoms with E-state index in [1.807, 2.05) is 24.7 Å². The van der Waals surface area contributed by atoms with Gasteiger partial charge in [0.15, 0.2) is 0 Å². The van der Waals surface area contributed by atoms with Crippen LogP contribution >= 0.6 is 0 Å². The molecule has 43 heavy (non-hydrogen) atoms. The Bertz CT molecular complexity index is 1480. The molecule has 238 valence electrons. The van der Waals surface area contributed by atoms with E-state index >= 15 is 0 Å². The van der Waals surface area contributed by atoms with E-state index in [-0.39, 0.29) is 17.7 Å². The van der Waals surface area contributed by atoms with Gasteiger partial charge in [0.1, 0.15) is 5.52 Å². The molecule has 0 aromatic carbocycles. The highest BCUT2D eigenvalue weighted by Crippen LogP contribution is 2.34. The van der Waals surface area contributed by atoms with Crippen molar-refractivity contribution in [3.63, 3.8) is 0 Å². The molecule has 18 heteroatoms. The second-order valence-corrected chi connectivity index (χ2v) is 11.7. The molecule has 0 atom stereocenters. The number of carboxylic acids is 2. The molecular weight excluding hydrogens is 612 g/mol. The zero-order valence-corrected chi connectivity index (χ0v) is 23.9. The van der Waals surface area contributed by atoms with Gasteiger partial charge in [0.05, 0.1) is 23.3 Å². The molecule has 1 aliphatic heterocycles. The molecule has 4 rings (SSSR count). The number of hydrogen-bond acceptors (Lipinski definition) is 7. The quantitative estimate of drug-likeness (QED) is 0.371. The van der Waals surface area contributed by atoms with Crippen LogP contribution in [0.15, 0.2) is 36.9 Å². The predicted octanol–water partition coefficient (Wildman–Crippen LogP) is 4.87. The zero-order chi connectivity index (χ0) is 32.8. The second-order valence-electron chi connectivity index (χ2n) is 9.43. The van der Waals surface area contributed by atoms with Crippen molar-refractivity contribution in [2.45, 2.75) is 57.9 Å². The van der Waals surface area contributed by atoms with Gasteiger partial charge in [-0.05, 0) is 51.8 Å². The smallest absolute Gasteiger partial charge is 0.475 e. The van der Waals surface area contributed by atoms with E-state index in [0.717, 1.165) is 40.8 Å². The average molecular weight is 642 g/mol. The highest BCUT2D eigenvalue weighted by molar-refractivity contribution is 7.89. The molecule has 0 spiro atoms. The summed E-state index contributed by atoms with van der Waals surface area (Å²) in [6.45, 7) is 7.07. The number of aliphatic carboxylic acids is 2. The number of fused-ring (bicyclic) bond motifs is 1. The lowest BCUT2D eigenvalue weighted by Crippen LogP contribution is -2.38. The summed E-state index contributed by atoms with van der Waals surface area (Å²) in [4.78, 5) is 31.7. The van der Waals surface area contributed by atoms with Crippen molar-refractivity contribution in [1.29, 1.82) is 0 Å². The first kappa shape index (κ1) is 35.4. The molecule has 3 aromatic rings. The van der Waals surface area contributed by atoms with Crippen LogP contribution in [0.25, 0.3) is 22.3 Å². The first-order valence-electron chi connectivity index (χ1n) is 12.7. The number of nitrogens with zero attached hydrogens (tertiary/aromatic N) is 5. The minimum Gasteiger partial charge on any atom is -0.475 e. The van der Waals surface area contributed by atoms with Crippen LogP contribution in [-0.4, -0.2) is 85.6 Å². The number of imidazole rings is 1. The van der Waals surface area contributed by atoms with Crippen molar-refractivity contribution in [1.82, 2.24) is 23.8 Å². The van der Waals surface area contributed by atoms with Crippen molar-refractivity contribution in [3.8, 4) is 11.3 Å². The fraction of sp³-hybridized carbons (Fsp3) is 0.480. The third-order valence-corrected chi connectivity index (χ3v) is 8.07. The number of rotatable bonds is 5. The Labute approximate surface area is 242 Å². The highest BCUT2D eigenvalue weighted by atomic mass is 32.2. The Morgan fingerprint density at radius 3 is 2.00 bits per heavy atom. The van der Waals surface area contributed by atoms with Gasteiger partial charge in [0, 0.05) is 48.7 Å². The number of pyridine rings is 2. The van der Waals surface area contributed by atoms with Gasteiger partial charge in [-0.25, -0.2) is 27.3 Å². The van der Waals surface area contributed by atoms with Crippen molar-refractivity contribution >= 4 is 33.0 Å². The molecule has 4 heterocycles. The van der Waals surface area contributed by atoms with Crippen LogP contribution in [0.1, 0.15) is 51.3 Å². The lowest BCUT2D eigenvalue weighted by molar-refractivity contribution is -0.193. The SMILES string of the molecule is CCS(=O)(=O)N1CCC(c2cc3c(ncn3C(C)C)c(-c3cccnc3)n2)CC1.O=C(O)C(F)(F)F.O=C(O)C(F)(F)F. The van der Waals surface area contributed by atoms with Gasteiger partial charge >= 0.3 is 24.3 Å². The summed E-state index contributed by atoms with van der Waals surface area (Å²) in [5.74, 6) is -5.13. The number of halogens is 6. The van der Waals surface area contributed by atoms with Gasteiger partial charge in [0.25, 0.3) is 0 Å². The Morgan fingerprint density at radius 1 is 1.05 bits per heavy atom. The number of piperidine rings is 1. The minimum atomic E-state index is -5.08. The summed E-state index contributed by atoms with van der Waals surface area (Å²) >= 11 is 0. The van der Waals surface area contributed by atoms with E-state index in [1.54, 1.807) is 17.4 Å². The predicted molar refractivity (Wildman–Crippen MR) is 142 cm³/mol. The van der Waals surface area contributed by atoms with Gasteiger partial charge in [0.2, 0.25) is 10.0 Å². The molecule has 0 saturated carbocycles. The van der Waals surface area contributed by atoms with Gasteiger partial charge in [-0.2, -0.15) is 26.3 Å². The molecule has 1 fully saturated rings. The molecular formula is C25H29F6N5O6S. The molecule has 0 amide bonds. The van der Waals surface area contributed by atoms with E-state index in [9.17, 15) is 34.8 Å². The largest absolute Gasteiger partial charge is 0.490 e. The number of alkyl halides is 6. The van der Waals surface area contributed by atoms with Crippen molar-refractivity contribution in [3.05, 3.63) is 42.6 Å². The molecule has 0 aliphatic carbocycles. The maximum absolute atomic E-state index is 12.2. The van der Waals surface area contributed by atoms with Gasteiger partial charge in [-0.3, -0.25) is 9.97 Å². The van der Waals surface area contributed by atoms with Crippen LogP contribution in [-0.2, 0) is 19.6 Å². The van der Waals surface area contributed by atoms with Crippen LogP contribution in [0.2, 0.25) is 0 Å². The molecule has 0 unspecified atom stereocenters. The Morgan fingerprint density at radius 2 is 1.58 bits per heavy atom. The Hall–Kier alpha value is -3.80. The third-order valence-electron chi connectivity index (χ3n) is 6.19. The van der Waals surface area contributed by atoms with Crippen LogP contribution in [0.3, 0.4) is 0 Å². The third kappa shape index (κ3) is 9.60. The van der Waals surface area contributed by atoms with Crippen LogP contribution in [0.5, 0.6) is 0 Å². The fourth-order valence-corrected chi connectivity index (χ4v) is 5.12. The lowest BCUT2D eigenvalue weighted by Gasteiger charge is -2.31. The lowest BCUT2D eigenvalue weighted by atomic mass is 9.93. The summed E-state index contributed by atoms with van der Waals surface area (Å²) < 4.78 is 91.6. The standard InChI is InChI=1S/C21H27N5O2S.2C2HF3O2/c1-4-29(27,28)25-10-7-16(8-11-25)18-12-19-21(23-14-26(19)15(2)3)20(24-18)17-6-5-9-22-13-17;2*3-2(4,5)1(6)7/h5-6,9,12-16H,4,7-8,10-11H2,1-3H3;2*(H,6,7). The minimum absolute atomic E-state index is 0.153. The number of hydrogen-bond donors (Lipinski definition) is 2. The van der Waals surface area contributed by atoms with E-state index in [0.29, 0.717) is 13.1 Å². The van der Waals surface area contributed by atoms with Gasteiger partial charge in [-0.1, -0.05) is 0 Å². The monoisotopic (exact) mass is 641 g/mol. The van der Waals surface area contributed by atoms with E-state index < -0.39 is 34.3 Å². The van der Waals surface area contributed by atoms with Crippen molar-refractivity contribution < 1.29 is 54.6 Å². The molecule has 1 saturated heterocycles. The van der Waals surface area contributed by atoms with Crippen molar-refractivity contribution in [2.75, 3.05) is 18.8 Å². The molecule has 2 N–H and O–H groups in total. The van der Waals surface area contributed by atoms with Crippen LogP contribution < -0.4 is 0 Å². The summed E-state index contributed by atoms with van der Waals surface area (Å²) in [6.07, 6.45) is -3.17. The Kier molecular flexibility index (Phi) is 11.6. The van der Waals surface area contributed by atoms with Gasteiger partial charge in [-0.15, -0.1) is 0 Å². The van der Waals surface area contributed by atoms with E-state index in [2.05, 4.69) is 34.4 Å². The molecule has 0 bridgehead atoms. The second kappa shape index (κ2) is 14.1. The maximum Gasteiger partial charge on any atom is 0.490 e. The normalized spacial score (nSPS) is 14.9. The number of aromatic nitrogens is 4. The molecule has 3 aromatic heterocycles. The Balaban J connectivity index is 0.000000384. The molecule has 11 nitrogen and oxygen atoms in total. The number of carboxylic acid groups (broad SMARTS) is 2. The van der Waals surface area contributed by atoms with Crippen molar-refractivity contribution in [2.24, 2.45) is 0 Å². The fourth-order valence-electron chi connectivity index (χ4n) is 3.99.